The van der Waals surface area contributed by atoms with E-state index in [0.29, 0.717) is 17.4 Å². The number of hydrogen-bond acceptors (Lipinski definition) is 2. The summed E-state index contributed by atoms with van der Waals surface area (Å²) in [6, 6.07) is 0. The average Bonchev–Trinajstić information content (AvgIpc) is 2.71. The molecule has 0 aromatic carbocycles. The number of ether oxygens (including phenoxy) is 1. The van der Waals surface area contributed by atoms with Gasteiger partial charge in [-0.2, -0.15) is 0 Å². The summed E-state index contributed by atoms with van der Waals surface area (Å²) in [5.41, 5.74) is 2.41. The van der Waals surface area contributed by atoms with E-state index in [4.69, 9.17) is 4.74 Å². The van der Waals surface area contributed by atoms with Crippen molar-refractivity contribution < 1.29 is 9.53 Å². The molecule has 4 bridgehead atoms. The lowest BCUT2D eigenvalue weighted by molar-refractivity contribution is -0.139. The SMILES string of the molecule is CC(=O)OC/C(C)=C\CCC1(C)C2CC3C(C2)C31C. The third kappa shape index (κ3) is 1.71. The Morgan fingerprint density at radius 2 is 1.89 bits per heavy atom. The first-order valence-corrected chi connectivity index (χ1v) is 7.68. The zero-order chi connectivity index (χ0) is 13.8. The van der Waals surface area contributed by atoms with Crippen molar-refractivity contribution in [2.45, 2.75) is 53.4 Å². The first kappa shape index (κ1) is 13.2. The van der Waals surface area contributed by atoms with Crippen LogP contribution in [-0.4, -0.2) is 12.6 Å². The molecule has 4 fully saturated rings. The highest BCUT2D eigenvalue weighted by atomic mass is 16.5. The van der Waals surface area contributed by atoms with Gasteiger partial charge in [-0.25, -0.2) is 0 Å². The standard InChI is InChI=1S/C17H26O2/c1-11(10-19-12(2)18)6-5-7-16(3)13-8-14-15(9-13)17(14,16)4/h6,13-15H,5,7-10H2,1-4H3/b11-6-. The molecule has 4 saturated carbocycles. The summed E-state index contributed by atoms with van der Waals surface area (Å²) >= 11 is 0. The molecule has 19 heavy (non-hydrogen) atoms. The number of rotatable bonds is 5. The molecule has 4 aliphatic rings. The molecule has 2 nitrogen and oxygen atoms in total. The fourth-order valence-electron chi connectivity index (χ4n) is 5.40. The average molecular weight is 262 g/mol. The maximum absolute atomic E-state index is 10.8. The smallest absolute Gasteiger partial charge is 0.302 e. The van der Waals surface area contributed by atoms with Crippen LogP contribution in [0, 0.1) is 28.6 Å². The molecular weight excluding hydrogens is 236 g/mol. The van der Waals surface area contributed by atoms with Crippen molar-refractivity contribution in [2.75, 3.05) is 6.61 Å². The summed E-state index contributed by atoms with van der Waals surface area (Å²) in [7, 11) is 0. The van der Waals surface area contributed by atoms with Gasteiger partial charge in [0.2, 0.25) is 0 Å². The molecule has 0 amide bonds. The van der Waals surface area contributed by atoms with Crippen LogP contribution in [0.15, 0.2) is 11.6 Å². The third-order valence-electron chi connectivity index (χ3n) is 6.79. The molecule has 4 aliphatic carbocycles. The van der Waals surface area contributed by atoms with Crippen molar-refractivity contribution in [3.8, 4) is 0 Å². The van der Waals surface area contributed by atoms with Crippen molar-refractivity contribution in [1.82, 2.24) is 0 Å². The molecule has 4 rings (SSSR count). The molecule has 0 saturated heterocycles. The Morgan fingerprint density at radius 3 is 2.37 bits per heavy atom. The highest BCUT2D eigenvalue weighted by molar-refractivity contribution is 5.66. The van der Waals surface area contributed by atoms with Crippen LogP contribution in [0.1, 0.15) is 53.4 Å². The van der Waals surface area contributed by atoms with E-state index in [1.807, 2.05) is 0 Å². The summed E-state index contributed by atoms with van der Waals surface area (Å²) in [5.74, 6) is 2.89. The fraction of sp³-hybridized carbons (Fsp3) is 0.824. The quantitative estimate of drug-likeness (QED) is 0.554. The minimum Gasteiger partial charge on any atom is -0.461 e. The zero-order valence-corrected chi connectivity index (χ0v) is 12.7. The maximum atomic E-state index is 10.8. The maximum Gasteiger partial charge on any atom is 0.302 e. The van der Waals surface area contributed by atoms with Crippen LogP contribution in [0.5, 0.6) is 0 Å². The topological polar surface area (TPSA) is 26.3 Å². The molecular formula is C17H26O2. The van der Waals surface area contributed by atoms with Gasteiger partial charge in [0.15, 0.2) is 0 Å². The first-order valence-electron chi connectivity index (χ1n) is 7.68. The fourth-order valence-corrected chi connectivity index (χ4v) is 5.40. The Morgan fingerprint density at radius 1 is 1.26 bits per heavy atom. The number of allylic oxidation sites excluding steroid dienone is 1. The summed E-state index contributed by atoms with van der Waals surface area (Å²) in [4.78, 5) is 10.8. The minimum atomic E-state index is -0.190. The van der Waals surface area contributed by atoms with Crippen molar-refractivity contribution in [3.63, 3.8) is 0 Å². The van der Waals surface area contributed by atoms with Crippen molar-refractivity contribution >= 4 is 5.97 Å². The Hall–Kier alpha value is -0.790. The summed E-state index contributed by atoms with van der Waals surface area (Å²) in [6.45, 7) is 9.04. The number of esters is 1. The number of carbonyl (C=O) groups excluding carboxylic acids is 1. The summed E-state index contributed by atoms with van der Waals surface area (Å²) < 4.78 is 5.02. The first-order chi connectivity index (χ1) is 8.89. The minimum absolute atomic E-state index is 0.190. The second-order valence-corrected chi connectivity index (χ2v) is 7.45. The van der Waals surface area contributed by atoms with Crippen molar-refractivity contribution in [2.24, 2.45) is 28.6 Å². The van der Waals surface area contributed by atoms with Crippen LogP contribution < -0.4 is 0 Å². The summed E-state index contributed by atoms with van der Waals surface area (Å²) in [6.07, 6.45) is 7.69. The predicted octanol–water partition coefficient (Wildman–Crippen LogP) is 3.96. The molecule has 0 N–H and O–H groups in total. The van der Waals surface area contributed by atoms with Gasteiger partial charge < -0.3 is 4.74 Å². The Bertz CT molecular complexity index is 425. The van der Waals surface area contributed by atoms with E-state index < -0.39 is 0 Å². The van der Waals surface area contributed by atoms with Gasteiger partial charge in [0.1, 0.15) is 6.61 Å². The Balaban J connectivity index is 1.53. The highest BCUT2D eigenvalue weighted by Gasteiger charge is 2.80. The molecule has 3 atom stereocenters. The van der Waals surface area contributed by atoms with Gasteiger partial charge >= 0.3 is 5.97 Å². The molecule has 0 aromatic rings. The van der Waals surface area contributed by atoms with Gasteiger partial charge in [-0.1, -0.05) is 19.9 Å². The van der Waals surface area contributed by atoms with E-state index in [-0.39, 0.29) is 5.97 Å². The van der Waals surface area contributed by atoms with Crippen LogP contribution in [0.2, 0.25) is 0 Å². The lowest BCUT2D eigenvalue weighted by Gasteiger charge is -2.34. The molecule has 0 aliphatic heterocycles. The molecule has 0 aromatic heterocycles. The van der Waals surface area contributed by atoms with E-state index in [2.05, 4.69) is 26.8 Å². The summed E-state index contributed by atoms with van der Waals surface area (Å²) in [5, 5.41) is 0. The largest absolute Gasteiger partial charge is 0.461 e. The number of hydrogen-bond donors (Lipinski definition) is 0. The van der Waals surface area contributed by atoms with Gasteiger partial charge in [0.05, 0.1) is 0 Å². The number of carbonyl (C=O) groups is 1. The molecule has 106 valence electrons. The predicted molar refractivity (Wildman–Crippen MR) is 75.5 cm³/mol. The van der Waals surface area contributed by atoms with Gasteiger partial charge in [0.25, 0.3) is 0 Å². The Kier molecular flexibility index (Phi) is 2.85. The molecule has 0 radical (unpaired) electrons. The van der Waals surface area contributed by atoms with E-state index >= 15 is 0 Å². The third-order valence-corrected chi connectivity index (χ3v) is 6.79. The van der Waals surface area contributed by atoms with Crippen LogP contribution in [0.3, 0.4) is 0 Å². The molecule has 0 heterocycles. The van der Waals surface area contributed by atoms with Crippen molar-refractivity contribution in [3.05, 3.63) is 11.6 Å². The van der Waals surface area contributed by atoms with E-state index in [9.17, 15) is 4.79 Å². The van der Waals surface area contributed by atoms with Crippen LogP contribution in [0.25, 0.3) is 0 Å². The lowest BCUT2D eigenvalue weighted by atomic mass is 9.71. The van der Waals surface area contributed by atoms with Gasteiger partial charge in [-0.3, -0.25) is 4.79 Å². The van der Waals surface area contributed by atoms with Crippen LogP contribution in [-0.2, 0) is 9.53 Å². The van der Waals surface area contributed by atoms with Crippen LogP contribution in [0.4, 0.5) is 0 Å². The normalized spacial score (nSPS) is 46.5. The second-order valence-electron chi connectivity index (χ2n) is 7.45. The van der Waals surface area contributed by atoms with E-state index in [1.165, 1.54) is 31.8 Å². The molecule has 2 heteroatoms. The molecule has 0 spiro atoms. The highest BCUT2D eigenvalue weighted by Crippen LogP contribution is 2.87. The van der Waals surface area contributed by atoms with E-state index in [0.717, 1.165) is 24.2 Å². The zero-order valence-electron chi connectivity index (χ0n) is 12.7. The lowest BCUT2D eigenvalue weighted by Crippen LogP contribution is -2.26. The molecule has 3 unspecified atom stereocenters. The van der Waals surface area contributed by atoms with Crippen molar-refractivity contribution in [1.29, 1.82) is 0 Å². The Labute approximate surface area is 116 Å². The van der Waals surface area contributed by atoms with Gasteiger partial charge in [-0.05, 0) is 66.8 Å². The van der Waals surface area contributed by atoms with Gasteiger partial charge in [0, 0.05) is 6.92 Å². The van der Waals surface area contributed by atoms with Crippen LogP contribution >= 0.6 is 0 Å². The van der Waals surface area contributed by atoms with E-state index in [1.54, 1.807) is 0 Å². The second kappa shape index (κ2) is 4.10. The monoisotopic (exact) mass is 262 g/mol. The van der Waals surface area contributed by atoms with Gasteiger partial charge in [-0.15, -0.1) is 0 Å².